The Balaban J connectivity index is 2.96. The summed E-state index contributed by atoms with van der Waals surface area (Å²) in [7, 11) is 0. The highest BCUT2D eigenvalue weighted by atomic mass is 16.5. The fraction of sp³-hybridized carbons (Fsp3) is 0.875. The van der Waals surface area contributed by atoms with Gasteiger partial charge in [0.1, 0.15) is 6.73 Å². The normalized spacial score (nSPS) is 9.92. The van der Waals surface area contributed by atoms with Crippen molar-refractivity contribution in [3.63, 3.8) is 0 Å². The highest BCUT2D eigenvalue weighted by Gasteiger charge is 1.85. The summed E-state index contributed by atoms with van der Waals surface area (Å²) in [6, 6.07) is 0. The van der Waals surface area contributed by atoms with Crippen molar-refractivity contribution in [1.82, 2.24) is 0 Å². The van der Waals surface area contributed by atoms with E-state index < -0.39 is 0 Å². The molecule has 0 rings (SSSR count). The number of ether oxygens (including phenoxy) is 2. The minimum Gasteiger partial charge on any atom is -0.853 e. The van der Waals surface area contributed by atoms with Gasteiger partial charge < -0.3 is 14.6 Å². The Bertz CT molecular complexity index is 121. The van der Waals surface area contributed by atoms with Crippen molar-refractivity contribution in [3.05, 3.63) is 0 Å². The van der Waals surface area contributed by atoms with E-state index in [0.29, 0.717) is 19.9 Å². The van der Waals surface area contributed by atoms with E-state index in [2.05, 4.69) is 4.99 Å². The summed E-state index contributed by atoms with van der Waals surface area (Å²) < 4.78 is 9.98. The minimum absolute atomic E-state index is 0.188. The summed E-state index contributed by atoms with van der Waals surface area (Å²) >= 11 is 0. The first kappa shape index (κ1) is 11.6. The Morgan fingerprint density at radius 1 is 1.17 bits per heavy atom. The van der Waals surface area contributed by atoms with Crippen molar-refractivity contribution >= 4 is 5.71 Å². The molecule has 0 amide bonds. The topological polar surface area (TPSA) is 53.9 Å². The van der Waals surface area contributed by atoms with E-state index in [-0.39, 0.29) is 13.2 Å². The summed E-state index contributed by atoms with van der Waals surface area (Å²) in [6.07, 6.45) is 0. The van der Waals surface area contributed by atoms with Gasteiger partial charge in [0.15, 0.2) is 0 Å². The van der Waals surface area contributed by atoms with Gasteiger partial charge in [-0.2, -0.15) is 0 Å². The molecule has 0 unspecified atom stereocenters. The predicted molar refractivity (Wildman–Crippen MR) is 45.3 cm³/mol. The molecule has 4 heteroatoms. The number of hydrogen-bond donors (Lipinski definition) is 0. The van der Waals surface area contributed by atoms with Crippen LogP contribution >= 0.6 is 0 Å². The fourth-order valence-electron chi connectivity index (χ4n) is 0.518. The first-order valence-corrected chi connectivity index (χ1v) is 3.98. The van der Waals surface area contributed by atoms with Crippen LogP contribution in [0.15, 0.2) is 4.99 Å². The van der Waals surface area contributed by atoms with E-state index in [1.54, 1.807) is 0 Å². The highest BCUT2D eigenvalue weighted by Crippen LogP contribution is 1.80. The maximum absolute atomic E-state index is 9.92. The van der Waals surface area contributed by atoms with E-state index in [4.69, 9.17) is 9.47 Å². The molecule has 0 atom stereocenters. The third kappa shape index (κ3) is 9.55. The number of nitrogens with zero attached hydrogens (tertiary/aromatic N) is 1. The van der Waals surface area contributed by atoms with Crippen molar-refractivity contribution in [2.45, 2.75) is 13.8 Å². The minimum atomic E-state index is -0.188. The zero-order valence-electron chi connectivity index (χ0n) is 7.71. The molecule has 0 fully saturated rings. The molecular weight excluding hydrogens is 158 g/mol. The van der Waals surface area contributed by atoms with Gasteiger partial charge in [-0.3, -0.25) is 4.99 Å². The average Bonchev–Trinajstić information content (AvgIpc) is 2.02. The van der Waals surface area contributed by atoms with Gasteiger partial charge in [-0.05, 0) is 13.8 Å². The van der Waals surface area contributed by atoms with E-state index in [1.165, 1.54) is 0 Å². The summed E-state index contributed by atoms with van der Waals surface area (Å²) in [5.41, 5.74) is 0.996. The van der Waals surface area contributed by atoms with E-state index >= 15 is 0 Å². The van der Waals surface area contributed by atoms with Gasteiger partial charge in [0.05, 0.1) is 13.2 Å². The van der Waals surface area contributed by atoms with Crippen LogP contribution in [0.1, 0.15) is 13.8 Å². The van der Waals surface area contributed by atoms with Gasteiger partial charge in [0.2, 0.25) is 0 Å². The van der Waals surface area contributed by atoms with Crippen LogP contribution < -0.4 is 5.11 Å². The van der Waals surface area contributed by atoms with Crippen molar-refractivity contribution in [2.24, 2.45) is 4.99 Å². The molecule has 0 aromatic rings. The molecule has 0 saturated heterocycles. The standard InChI is InChI=1S/C8H16NO3/c1-8(2)9-7-12-6-5-11-4-3-10/h3-7H2,1-2H3/q-1. The highest BCUT2D eigenvalue weighted by molar-refractivity contribution is 5.78. The Morgan fingerprint density at radius 2 is 1.83 bits per heavy atom. The summed E-state index contributed by atoms with van der Waals surface area (Å²) in [6.45, 7) is 5.25. The molecule has 0 aromatic carbocycles. The lowest BCUT2D eigenvalue weighted by molar-refractivity contribution is -0.374. The second-order valence-corrected chi connectivity index (χ2v) is 2.46. The molecule has 0 N–H and O–H groups in total. The van der Waals surface area contributed by atoms with Crippen molar-refractivity contribution in [3.8, 4) is 0 Å². The number of hydrogen-bond acceptors (Lipinski definition) is 4. The molecule has 0 saturated carbocycles. The largest absolute Gasteiger partial charge is 0.853 e. The van der Waals surface area contributed by atoms with Crippen LogP contribution in [0.4, 0.5) is 0 Å². The van der Waals surface area contributed by atoms with Crippen LogP contribution in [-0.2, 0) is 9.47 Å². The average molecular weight is 174 g/mol. The molecule has 0 radical (unpaired) electrons. The molecule has 0 bridgehead atoms. The third-order valence-corrected chi connectivity index (χ3v) is 1.07. The number of aliphatic imine (C=N–C) groups is 1. The Morgan fingerprint density at radius 3 is 2.42 bits per heavy atom. The van der Waals surface area contributed by atoms with E-state index in [1.807, 2.05) is 13.8 Å². The Kier molecular flexibility index (Phi) is 8.32. The first-order valence-electron chi connectivity index (χ1n) is 3.98. The van der Waals surface area contributed by atoms with Crippen LogP contribution in [-0.4, -0.2) is 38.9 Å². The van der Waals surface area contributed by atoms with Crippen molar-refractivity contribution in [1.29, 1.82) is 0 Å². The zero-order chi connectivity index (χ0) is 9.23. The Hall–Kier alpha value is -0.450. The molecular formula is C8H16NO3-. The summed E-state index contributed by atoms with van der Waals surface area (Å²) in [5.74, 6) is 0. The fourth-order valence-corrected chi connectivity index (χ4v) is 0.518. The molecule has 0 aromatic heterocycles. The van der Waals surface area contributed by atoms with Crippen molar-refractivity contribution < 1.29 is 14.6 Å². The van der Waals surface area contributed by atoms with E-state index in [9.17, 15) is 5.11 Å². The zero-order valence-corrected chi connectivity index (χ0v) is 7.71. The van der Waals surface area contributed by atoms with Crippen LogP contribution in [0, 0.1) is 0 Å². The van der Waals surface area contributed by atoms with Gasteiger partial charge in [-0.15, -0.1) is 6.61 Å². The molecule has 4 nitrogen and oxygen atoms in total. The quantitative estimate of drug-likeness (QED) is 0.397. The second-order valence-electron chi connectivity index (χ2n) is 2.46. The third-order valence-electron chi connectivity index (χ3n) is 1.07. The lowest BCUT2D eigenvalue weighted by Gasteiger charge is -2.05. The smallest absolute Gasteiger partial charge is 0.137 e. The molecule has 0 aliphatic heterocycles. The van der Waals surface area contributed by atoms with Gasteiger partial charge in [-0.25, -0.2) is 0 Å². The summed E-state index contributed by atoms with van der Waals surface area (Å²) in [4.78, 5) is 4.02. The molecule has 0 heterocycles. The van der Waals surface area contributed by atoms with Crippen LogP contribution in [0.3, 0.4) is 0 Å². The molecule has 0 aliphatic carbocycles. The Labute approximate surface area is 73.2 Å². The van der Waals surface area contributed by atoms with Crippen LogP contribution in [0.2, 0.25) is 0 Å². The molecule has 0 spiro atoms. The molecule has 72 valence electrons. The van der Waals surface area contributed by atoms with Gasteiger partial charge in [0.25, 0.3) is 0 Å². The summed E-state index contributed by atoms with van der Waals surface area (Å²) in [5, 5.41) is 9.92. The predicted octanol–water partition coefficient (Wildman–Crippen LogP) is -0.182. The first-order chi connectivity index (χ1) is 5.77. The SMILES string of the molecule is CC(C)=NCOCCOCC[O-]. The van der Waals surface area contributed by atoms with Gasteiger partial charge in [0, 0.05) is 12.3 Å². The van der Waals surface area contributed by atoms with Gasteiger partial charge >= 0.3 is 0 Å². The lowest BCUT2D eigenvalue weighted by atomic mass is 10.5. The molecule has 12 heavy (non-hydrogen) atoms. The lowest BCUT2D eigenvalue weighted by Crippen LogP contribution is -2.15. The van der Waals surface area contributed by atoms with Crippen LogP contribution in [0.5, 0.6) is 0 Å². The maximum Gasteiger partial charge on any atom is 0.137 e. The van der Waals surface area contributed by atoms with Crippen LogP contribution in [0.25, 0.3) is 0 Å². The van der Waals surface area contributed by atoms with Gasteiger partial charge in [-0.1, -0.05) is 0 Å². The number of rotatable bonds is 7. The second kappa shape index (κ2) is 8.64. The van der Waals surface area contributed by atoms with Crippen molar-refractivity contribution in [2.75, 3.05) is 33.2 Å². The maximum atomic E-state index is 9.92. The molecule has 0 aliphatic rings. The monoisotopic (exact) mass is 174 g/mol. The van der Waals surface area contributed by atoms with E-state index in [0.717, 1.165) is 5.71 Å².